The first-order valence-electron chi connectivity index (χ1n) is 9.07. The van der Waals surface area contributed by atoms with Crippen molar-refractivity contribution < 1.29 is 19.1 Å². The maximum atomic E-state index is 12.8. The standard InChI is InChI=1S/C21H24N2O4/c1-5-10-23-20(24)16(14(4)17(13-22)21(23)25)11-15-8-9-18(26-6-2)19(12-15)27-7-3/h8-9,11-12H,5-7,10H2,1-4H3/b16-11+. The van der Waals surface area contributed by atoms with E-state index < -0.39 is 5.91 Å². The zero-order chi connectivity index (χ0) is 20.0. The first kappa shape index (κ1) is 20.2. The summed E-state index contributed by atoms with van der Waals surface area (Å²) in [6, 6.07) is 7.32. The molecule has 1 aliphatic rings. The number of nitriles is 1. The van der Waals surface area contributed by atoms with Crippen LogP contribution in [0.25, 0.3) is 6.08 Å². The molecule has 0 saturated carbocycles. The van der Waals surface area contributed by atoms with Gasteiger partial charge in [0, 0.05) is 12.1 Å². The molecule has 0 N–H and O–H groups in total. The molecule has 0 fully saturated rings. The quantitative estimate of drug-likeness (QED) is 0.544. The Hall–Kier alpha value is -3.07. The number of hydrogen-bond acceptors (Lipinski definition) is 5. The fraction of sp³-hybridized carbons (Fsp3) is 0.381. The van der Waals surface area contributed by atoms with Crippen molar-refractivity contribution >= 4 is 17.9 Å². The van der Waals surface area contributed by atoms with Crippen LogP contribution in [-0.2, 0) is 9.59 Å². The average Bonchev–Trinajstić information content (AvgIpc) is 2.65. The van der Waals surface area contributed by atoms with Crippen molar-refractivity contribution in [3.05, 3.63) is 40.5 Å². The fourth-order valence-corrected chi connectivity index (χ4v) is 2.88. The molecule has 0 atom stereocenters. The molecule has 0 aromatic heterocycles. The number of benzene rings is 1. The number of hydrogen-bond donors (Lipinski definition) is 0. The third kappa shape index (κ3) is 4.20. The van der Waals surface area contributed by atoms with Crippen molar-refractivity contribution in [1.82, 2.24) is 4.90 Å². The van der Waals surface area contributed by atoms with E-state index in [1.54, 1.807) is 25.1 Å². The minimum Gasteiger partial charge on any atom is -0.490 e. The number of amides is 2. The predicted molar refractivity (Wildman–Crippen MR) is 102 cm³/mol. The van der Waals surface area contributed by atoms with E-state index >= 15 is 0 Å². The molecule has 0 saturated heterocycles. The number of imide groups is 1. The summed E-state index contributed by atoms with van der Waals surface area (Å²) in [7, 11) is 0. The van der Waals surface area contributed by atoms with Crippen LogP contribution in [0.4, 0.5) is 0 Å². The Kier molecular flexibility index (Phi) is 6.78. The van der Waals surface area contributed by atoms with Gasteiger partial charge in [0.05, 0.1) is 13.2 Å². The Bertz CT molecular complexity index is 846. The first-order valence-corrected chi connectivity index (χ1v) is 9.07. The van der Waals surface area contributed by atoms with Gasteiger partial charge in [-0.3, -0.25) is 14.5 Å². The van der Waals surface area contributed by atoms with Gasteiger partial charge in [-0.15, -0.1) is 0 Å². The van der Waals surface area contributed by atoms with E-state index in [1.165, 1.54) is 0 Å². The molecular weight excluding hydrogens is 344 g/mol. The van der Waals surface area contributed by atoms with Crippen LogP contribution in [0.5, 0.6) is 11.5 Å². The predicted octanol–water partition coefficient (Wildman–Crippen LogP) is 3.49. The molecule has 2 rings (SSSR count). The molecule has 2 amide bonds. The van der Waals surface area contributed by atoms with Gasteiger partial charge in [-0.25, -0.2) is 0 Å². The second-order valence-electron chi connectivity index (χ2n) is 6.00. The molecule has 0 spiro atoms. The molecular formula is C21H24N2O4. The highest BCUT2D eigenvalue weighted by molar-refractivity contribution is 6.19. The molecule has 1 aliphatic heterocycles. The zero-order valence-electron chi connectivity index (χ0n) is 16.2. The van der Waals surface area contributed by atoms with Gasteiger partial charge < -0.3 is 9.47 Å². The van der Waals surface area contributed by atoms with E-state index in [9.17, 15) is 14.9 Å². The van der Waals surface area contributed by atoms with Crippen molar-refractivity contribution in [1.29, 1.82) is 5.26 Å². The van der Waals surface area contributed by atoms with E-state index in [1.807, 2.05) is 32.9 Å². The largest absolute Gasteiger partial charge is 0.490 e. The second-order valence-corrected chi connectivity index (χ2v) is 6.00. The third-order valence-corrected chi connectivity index (χ3v) is 4.15. The Balaban J connectivity index is 2.54. The van der Waals surface area contributed by atoms with E-state index in [2.05, 4.69) is 0 Å². The topological polar surface area (TPSA) is 79.6 Å². The van der Waals surface area contributed by atoms with Crippen LogP contribution >= 0.6 is 0 Å². The lowest BCUT2D eigenvalue weighted by Gasteiger charge is -2.27. The van der Waals surface area contributed by atoms with Crippen LogP contribution in [-0.4, -0.2) is 36.5 Å². The van der Waals surface area contributed by atoms with Gasteiger partial charge in [-0.05, 0) is 56.5 Å². The summed E-state index contributed by atoms with van der Waals surface area (Å²) in [6.45, 7) is 8.55. The molecule has 0 aliphatic carbocycles. The average molecular weight is 368 g/mol. The van der Waals surface area contributed by atoms with Crippen LogP contribution in [0, 0.1) is 11.3 Å². The molecule has 1 aromatic carbocycles. The van der Waals surface area contributed by atoms with Gasteiger partial charge in [0.2, 0.25) is 0 Å². The van der Waals surface area contributed by atoms with Crippen LogP contribution in [0.3, 0.4) is 0 Å². The van der Waals surface area contributed by atoms with Crippen molar-refractivity contribution in [2.75, 3.05) is 19.8 Å². The number of rotatable bonds is 7. The molecule has 27 heavy (non-hydrogen) atoms. The molecule has 0 unspecified atom stereocenters. The number of carbonyl (C=O) groups is 2. The van der Waals surface area contributed by atoms with Gasteiger partial charge >= 0.3 is 0 Å². The lowest BCUT2D eigenvalue weighted by atomic mass is 9.93. The van der Waals surface area contributed by atoms with Gasteiger partial charge in [0.25, 0.3) is 11.8 Å². The van der Waals surface area contributed by atoms with Crippen LogP contribution in [0.2, 0.25) is 0 Å². The highest BCUT2D eigenvalue weighted by Crippen LogP contribution is 2.32. The van der Waals surface area contributed by atoms with Crippen molar-refractivity contribution in [2.24, 2.45) is 0 Å². The molecule has 6 heteroatoms. The molecule has 0 radical (unpaired) electrons. The normalized spacial score (nSPS) is 16.0. The SMILES string of the molecule is CCCN1C(=O)C(C#N)=C(C)/C(=C\c2ccc(OCC)c(OCC)c2)C1=O. The number of nitrogens with zero attached hydrogens (tertiary/aromatic N) is 2. The summed E-state index contributed by atoms with van der Waals surface area (Å²) < 4.78 is 11.2. The summed E-state index contributed by atoms with van der Waals surface area (Å²) in [5.41, 5.74) is 1.47. The minimum absolute atomic E-state index is 0.00488. The highest BCUT2D eigenvalue weighted by Gasteiger charge is 2.34. The van der Waals surface area contributed by atoms with Crippen molar-refractivity contribution in [2.45, 2.75) is 34.1 Å². The summed E-state index contributed by atoms with van der Waals surface area (Å²) in [5, 5.41) is 9.37. The summed E-state index contributed by atoms with van der Waals surface area (Å²) in [4.78, 5) is 26.3. The second kappa shape index (κ2) is 9.04. The molecule has 6 nitrogen and oxygen atoms in total. The molecule has 142 valence electrons. The molecule has 0 bridgehead atoms. The van der Waals surface area contributed by atoms with Gasteiger partial charge in [0.15, 0.2) is 11.5 Å². The van der Waals surface area contributed by atoms with Crippen molar-refractivity contribution in [3.63, 3.8) is 0 Å². The van der Waals surface area contributed by atoms with E-state index in [0.29, 0.717) is 42.3 Å². The highest BCUT2D eigenvalue weighted by atomic mass is 16.5. The van der Waals surface area contributed by atoms with Gasteiger partial charge in [0.1, 0.15) is 11.6 Å². The lowest BCUT2D eigenvalue weighted by molar-refractivity contribution is -0.140. The van der Waals surface area contributed by atoms with Crippen LogP contribution in [0.1, 0.15) is 39.7 Å². The first-order chi connectivity index (χ1) is 13.0. The Morgan fingerprint density at radius 1 is 1.07 bits per heavy atom. The Morgan fingerprint density at radius 2 is 1.74 bits per heavy atom. The van der Waals surface area contributed by atoms with Gasteiger partial charge in [-0.1, -0.05) is 13.0 Å². The van der Waals surface area contributed by atoms with Crippen LogP contribution < -0.4 is 9.47 Å². The Morgan fingerprint density at radius 3 is 2.33 bits per heavy atom. The molecule has 1 heterocycles. The summed E-state index contributed by atoms with van der Waals surface area (Å²) in [6.07, 6.45) is 2.31. The maximum Gasteiger partial charge on any atom is 0.271 e. The van der Waals surface area contributed by atoms with E-state index in [4.69, 9.17) is 9.47 Å². The minimum atomic E-state index is -0.527. The van der Waals surface area contributed by atoms with Crippen LogP contribution in [0.15, 0.2) is 34.9 Å². The van der Waals surface area contributed by atoms with Crippen molar-refractivity contribution in [3.8, 4) is 17.6 Å². The van der Waals surface area contributed by atoms with E-state index in [-0.39, 0.29) is 18.0 Å². The number of carbonyl (C=O) groups excluding carboxylic acids is 2. The maximum absolute atomic E-state index is 12.8. The summed E-state index contributed by atoms with van der Waals surface area (Å²) in [5.74, 6) is 0.302. The smallest absolute Gasteiger partial charge is 0.271 e. The Labute approximate surface area is 159 Å². The lowest BCUT2D eigenvalue weighted by Crippen LogP contribution is -2.43. The third-order valence-electron chi connectivity index (χ3n) is 4.15. The molecule has 1 aromatic rings. The zero-order valence-corrected chi connectivity index (χ0v) is 16.2. The monoisotopic (exact) mass is 368 g/mol. The summed E-state index contributed by atoms with van der Waals surface area (Å²) >= 11 is 0. The fourth-order valence-electron chi connectivity index (χ4n) is 2.88. The van der Waals surface area contributed by atoms with E-state index in [0.717, 1.165) is 10.5 Å². The van der Waals surface area contributed by atoms with Gasteiger partial charge in [-0.2, -0.15) is 5.26 Å². The number of ether oxygens (including phenoxy) is 2.